The van der Waals surface area contributed by atoms with Crippen LogP contribution in [0.5, 0.6) is 0 Å². The number of nitrogen functional groups attached to an aromatic ring is 1. The van der Waals surface area contributed by atoms with E-state index >= 15 is 0 Å². The number of aromatic amines is 1. The SMILES string of the molecule is CCOC(=O)c1nc(-c2c(C)cccc2N)n[nH]1. The van der Waals surface area contributed by atoms with Crippen LogP contribution in [0.3, 0.4) is 0 Å². The van der Waals surface area contributed by atoms with Crippen molar-refractivity contribution in [3.63, 3.8) is 0 Å². The molecule has 0 spiro atoms. The molecule has 1 aromatic carbocycles. The van der Waals surface area contributed by atoms with E-state index in [0.717, 1.165) is 11.1 Å². The molecule has 0 fully saturated rings. The normalized spacial score (nSPS) is 10.3. The van der Waals surface area contributed by atoms with E-state index in [1.165, 1.54) is 0 Å². The van der Waals surface area contributed by atoms with E-state index < -0.39 is 5.97 Å². The van der Waals surface area contributed by atoms with Gasteiger partial charge in [0.15, 0.2) is 5.82 Å². The van der Waals surface area contributed by atoms with Gasteiger partial charge in [0.1, 0.15) is 0 Å². The molecule has 0 radical (unpaired) electrons. The highest BCUT2D eigenvalue weighted by Crippen LogP contribution is 2.26. The summed E-state index contributed by atoms with van der Waals surface area (Å²) < 4.78 is 4.83. The van der Waals surface area contributed by atoms with Gasteiger partial charge in [-0.2, -0.15) is 5.10 Å². The highest BCUT2D eigenvalue weighted by molar-refractivity contribution is 5.86. The second-order valence-corrected chi connectivity index (χ2v) is 3.77. The molecule has 0 bridgehead atoms. The Kier molecular flexibility index (Phi) is 3.27. The van der Waals surface area contributed by atoms with Crippen LogP contribution in [0.15, 0.2) is 18.2 Å². The number of nitrogens with one attached hydrogen (secondary N) is 1. The lowest BCUT2D eigenvalue weighted by Crippen LogP contribution is -2.06. The first-order chi connectivity index (χ1) is 8.63. The molecular weight excluding hydrogens is 232 g/mol. The van der Waals surface area contributed by atoms with E-state index in [-0.39, 0.29) is 5.82 Å². The predicted molar refractivity (Wildman–Crippen MR) is 66.9 cm³/mol. The molecular formula is C12H14N4O2. The first-order valence-corrected chi connectivity index (χ1v) is 5.58. The Morgan fingerprint density at radius 2 is 2.28 bits per heavy atom. The van der Waals surface area contributed by atoms with Crippen molar-refractivity contribution in [2.45, 2.75) is 13.8 Å². The fourth-order valence-electron chi connectivity index (χ4n) is 1.66. The van der Waals surface area contributed by atoms with Gasteiger partial charge in [0.25, 0.3) is 0 Å². The van der Waals surface area contributed by atoms with Crippen LogP contribution >= 0.6 is 0 Å². The van der Waals surface area contributed by atoms with Crippen LogP contribution in [0.4, 0.5) is 5.69 Å². The summed E-state index contributed by atoms with van der Waals surface area (Å²) in [6.07, 6.45) is 0. The van der Waals surface area contributed by atoms with Gasteiger partial charge in [0, 0.05) is 11.3 Å². The van der Waals surface area contributed by atoms with E-state index in [1.54, 1.807) is 13.0 Å². The maximum atomic E-state index is 11.5. The number of anilines is 1. The van der Waals surface area contributed by atoms with Crippen LogP contribution in [0, 0.1) is 6.92 Å². The molecule has 3 N–H and O–H groups in total. The summed E-state index contributed by atoms with van der Waals surface area (Å²) in [5.74, 6) is -0.0495. The smallest absolute Gasteiger partial charge is 0.375 e. The molecule has 0 aliphatic rings. The maximum Gasteiger partial charge on any atom is 0.375 e. The van der Waals surface area contributed by atoms with Gasteiger partial charge in [0.2, 0.25) is 5.82 Å². The molecule has 6 heteroatoms. The molecule has 0 unspecified atom stereocenters. The van der Waals surface area contributed by atoms with E-state index in [2.05, 4.69) is 15.2 Å². The van der Waals surface area contributed by atoms with E-state index in [9.17, 15) is 4.79 Å². The molecule has 1 heterocycles. The zero-order valence-corrected chi connectivity index (χ0v) is 10.2. The zero-order valence-electron chi connectivity index (χ0n) is 10.2. The van der Waals surface area contributed by atoms with Crippen molar-refractivity contribution in [1.82, 2.24) is 15.2 Å². The summed E-state index contributed by atoms with van der Waals surface area (Å²) in [6, 6.07) is 5.53. The fourth-order valence-corrected chi connectivity index (χ4v) is 1.66. The summed E-state index contributed by atoms with van der Waals surface area (Å²) in [5.41, 5.74) is 8.14. The summed E-state index contributed by atoms with van der Waals surface area (Å²) in [5, 5.41) is 6.55. The van der Waals surface area contributed by atoms with E-state index in [4.69, 9.17) is 10.5 Å². The number of H-pyrrole nitrogens is 1. The molecule has 18 heavy (non-hydrogen) atoms. The number of nitrogens with zero attached hydrogens (tertiary/aromatic N) is 2. The zero-order chi connectivity index (χ0) is 13.1. The van der Waals surface area contributed by atoms with Crippen LogP contribution in [0.25, 0.3) is 11.4 Å². The van der Waals surface area contributed by atoms with Gasteiger partial charge in [0.05, 0.1) is 6.61 Å². The van der Waals surface area contributed by atoms with Gasteiger partial charge in [-0.05, 0) is 25.5 Å². The number of rotatable bonds is 3. The van der Waals surface area contributed by atoms with E-state index in [0.29, 0.717) is 18.1 Å². The summed E-state index contributed by atoms with van der Waals surface area (Å²) in [4.78, 5) is 15.6. The Morgan fingerprint density at radius 3 is 2.94 bits per heavy atom. The Balaban J connectivity index is 2.38. The minimum Gasteiger partial charge on any atom is -0.460 e. The number of aryl methyl sites for hydroxylation is 1. The van der Waals surface area contributed by atoms with Crippen molar-refractivity contribution in [2.75, 3.05) is 12.3 Å². The highest BCUT2D eigenvalue weighted by Gasteiger charge is 2.16. The second kappa shape index (κ2) is 4.87. The van der Waals surface area contributed by atoms with Crippen LogP contribution in [-0.4, -0.2) is 27.8 Å². The van der Waals surface area contributed by atoms with Crippen LogP contribution in [0.2, 0.25) is 0 Å². The Labute approximate surface area is 104 Å². The topological polar surface area (TPSA) is 93.9 Å². The lowest BCUT2D eigenvalue weighted by Gasteiger charge is -2.04. The summed E-state index contributed by atoms with van der Waals surface area (Å²) >= 11 is 0. The molecule has 0 atom stereocenters. The van der Waals surface area contributed by atoms with Gasteiger partial charge in [-0.15, -0.1) is 0 Å². The monoisotopic (exact) mass is 246 g/mol. The third-order valence-electron chi connectivity index (χ3n) is 2.48. The summed E-state index contributed by atoms with van der Waals surface area (Å²) in [7, 11) is 0. The molecule has 6 nitrogen and oxygen atoms in total. The number of carbonyl (C=O) groups excluding carboxylic acids is 1. The number of esters is 1. The van der Waals surface area contributed by atoms with E-state index in [1.807, 2.05) is 19.1 Å². The average Bonchev–Trinajstić information content (AvgIpc) is 2.78. The Morgan fingerprint density at radius 1 is 1.50 bits per heavy atom. The van der Waals surface area contributed by atoms with Crippen molar-refractivity contribution in [3.8, 4) is 11.4 Å². The fraction of sp³-hybridized carbons (Fsp3) is 0.250. The molecule has 0 aliphatic carbocycles. The van der Waals surface area contributed by atoms with Crippen molar-refractivity contribution >= 4 is 11.7 Å². The van der Waals surface area contributed by atoms with Crippen molar-refractivity contribution in [1.29, 1.82) is 0 Å². The second-order valence-electron chi connectivity index (χ2n) is 3.77. The number of nitrogens with two attached hydrogens (primary N) is 1. The number of benzene rings is 1. The predicted octanol–water partition coefficient (Wildman–Crippen LogP) is 1.54. The largest absolute Gasteiger partial charge is 0.460 e. The average molecular weight is 246 g/mol. The molecule has 2 rings (SSSR count). The van der Waals surface area contributed by atoms with Gasteiger partial charge in [-0.25, -0.2) is 9.78 Å². The summed E-state index contributed by atoms with van der Waals surface area (Å²) in [6.45, 7) is 3.93. The van der Waals surface area contributed by atoms with Crippen LogP contribution in [0.1, 0.15) is 23.1 Å². The molecule has 0 saturated heterocycles. The van der Waals surface area contributed by atoms with Gasteiger partial charge in [-0.3, -0.25) is 5.10 Å². The minimum atomic E-state index is -0.525. The lowest BCUT2D eigenvalue weighted by molar-refractivity contribution is 0.0512. The molecule has 0 saturated carbocycles. The molecule has 1 aromatic heterocycles. The molecule has 0 aliphatic heterocycles. The number of aromatic nitrogens is 3. The van der Waals surface area contributed by atoms with Crippen molar-refractivity contribution in [2.24, 2.45) is 0 Å². The quantitative estimate of drug-likeness (QED) is 0.632. The molecule has 94 valence electrons. The number of ether oxygens (including phenoxy) is 1. The highest BCUT2D eigenvalue weighted by atomic mass is 16.5. The van der Waals surface area contributed by atoms with Crippen molar-refractivity contribution in [3.05, 3.63) is 29.6 Å². The molecule has 0 amide bonds. The van der Waals surface area contributed by atoms with Crippen LogP contribution in [-0.2, 0) is 4.74 Å². The third-order valence-corrected chi connectivity index (χ3v) is 2.48. The minimum absolute atomic E-state index is 0.0782. The first kappa shape index (κ1) is 12.1. The molecule has 2 aromatic rings. The third kappa shape index (κ3) is 2.17. The standard InChI is InChI=1S/C12H14N4O2/c1-3-18-12(17)11-14-10(15-16-11)9-7(2)5-4-6-8(9)13/h4-6H,3,13H2,1-2H3,(H,14,15,16). The number of hydrogen-bond acceptors (Lipinski definition) is 5. The number of carbonyl (C=O) groups is 1. The van der Waals surface area contributed by atoms with Gasteiger partial charge in [-0.1, -0.05) is 12.1 Å². The Hall–Kier alpha value is -2.37. The lowest BCUT2D eigenvalue weighted by atomic mass is 10.1. The number of hydrogen-bond donors (Lipinski definition) is 2. The van der Waals surface area contributed by atoms with Gasteiger partial charge < -0.3 is 10.5 Å². The van der Waals surface area contributed by atoms with Gasteiger partial charge >= 0.3 is 5.97 Å². The maximum absolute atomic E-state index is 11.5. The van der Waals surface area contributed by atoms with Crippen LogP contribution < -0.4 is 5.73 Å². The van der Waals surface area contributed by atoms with Crippen molar-refractivity contribution < 1.29 is 9.53 Å². The first-order valence-electron chi connectivity index (χ1n) is 5.58. The Bertz CT molecular complexity index is 557.